The molecule has 1 rings (SSSR count). The van der Waals surface area contributed by atoms with Gasteiger partial charge in [0.2, 0.25) is 10.0 Å². The van der Waals surface area contributed by atoms with E-state index in [-0.39, 0.29) is 0 Å². The molecule has 0 aliphatic carbocycles. The van der Waals surface area contributed by atoms with Crippen LogP contribution in [0.3, 0.4) is 0 Å². The van der Waals surface area contributed by atoms with Crippen molar-refractivity contribution in [3.63, 3.8) is 0 Å². The van der Waals surface area contributed by atoms with Gasteiger partial charge in [-0.1, -0.05) is 6.07 Å². The van der Waals surface area contributed by atoms with E-state index in [0.717, 1.165) is 11.9 Å². The molecule has 5 heteroatoms. The number of nitrogens with one attached hydrogen (secondary N) is 1. The Kier molecular flexibility index (Phi) is 3.00. The molecule has 0 heterocycles. The highest BCUT2D eigenvalue weighted by atomic mass is 32.2. The molecule has 4 nitrogen and oxygen atoms in total. The molecule has 0 aliphatic heterocycles. The minimum Gasteiger partial charge on any atom is -0.378 e. The quantitative estimate of drug-likeness (QED) is 0.820. The van der Waals surface area contributed by atoms with Gasteiger partial charge in [-0.25, -0.2) is 8.42 Å². The number of hydrogen-bond donors (Lipinski definition) is 1. The van der Waals surface area contributed by atoms with Crippen LogP contribution >= 0.6 is 0 Å². The predicted octanol–water partition coefficient (Wildman–Crippen LogP) is 1.12. The van der Waals surface area contributed by atoms with Crippen molar-refractivity contribution in [3.8, 4) is 0 Å². The Morgan fingerprint density at radius 3 is 2.43 bits per heavy atom. The monoisotopic (exact) mass is 214 g/mol. The summed E-state index contributed by atoms with van der Waals surface area (Å²) < 4.78 is 24.3. The maximum atomic E-state index is 11.0. The van der Waals surface area contributed by atoms with Crippen molar-refractivity contribution in [3.05, 3.63) is 24.3 Å². The summed E-state index contributed by atoms with van der Waals surface area (Å²) in [6, 6.07) is 7.21. The highest BCUT2D eigenvalue weighted by Crippen LogP contribution is 2.17. The second-order valence-corrected chi connectivity index (χ2v) is 5.07. The molecular weight excluding hydrogens is 200 g/mol. The van der Waals surface area contributed by atoms with E-state index in [1.165, 1.54) is 0 Å². The zero-order valence-corrected chi connectivity index (χ0v) is 9.30. The topological polar surface area (TPSA) is 49.4 Å². The Morgan fingerprint density at radius 1 is 1.29 bits per heavy atom. The van der Waals surface area contributed by atoms with Crippen molar-refractivity contribution >= 4 is 21.4 Å². The average Bonchev–Trinajstić information content (AvgIpc) is 2.01. The summed E-state index contributed by atoms with van der Waals surface area (Å²) in [6.07, 6.45) is 1.13. The summed E-state index contributed by atoms with van der Waals surface area (Å²) >= 11 is 0. The van der Waals surface area contributed by atoms with E-state index in [1.54, 1.807) is 12.1 Å². The summed E-state index contributed by atoms with van der Waals surface area (Å²) in [6.45, 7) is 0. The molecule has 14 heavy (non-hydrogen) atoms. The van der Waals surface area contributed by atoms with Crippen LogP contribution in [0.15, 0.2) is 24.3 Å². The van der Waals surface area contributed by atoms with Gasteiger partial charge in [0, 0.05) is 19.8 Å². The summed E-state index contributed by atoms with van der Waals surface area (Å²) in [5.41, 5.74) is 1.54. The first-order valence-corrected chi connectivity index (χ1v) is 6.03. The summed E-state index contributed by atoms with van der Waals surface area (Å²) in [5, 5.41) is 0. The molecule has 1 aromatic rings. The Morgan fingerprint density at radius 2 is 1.93 bits per heavy atom. The second kappa shape index (κ2) is 3.88. The van der Waals surface area contributed by atoms with Crippen molar-refractivity contribution in [1.29, 1.82) is 0 Å². The number of anilines is 2. The molecule has 0 spiro atoms. The molecular formula is C9H14N2O2S. The van der Waals surface area contributed by atoms with Gasteiger partial charge in [-0.3, -0.25) is 4.72 Å². The minimum absolute atomic E-state index is 0.582. The molecule has 0 aromatic heterocycles. The Balaban J connectivity index is 2.95. The predicted molar refractivity (Wildman–Crippen MR) is 59.2 cm³/mol. The molecule has 0 bridgehead atoms. The van der Waals surface area contributed by atoms with Crippen molar-refractivity contribution in [2.75, 3.05) is 30.0 Å². The highest BCUT2D eigenvalue weighted by molar-refractivity contribution is 7.92. The molecule has 1 N–H and O–H groups in total. The second-order valence-electron chi connectivity index (χ2n) is 3.32. The first kappa shape index (κ1) is 10.8. The van der Waals surface area contributed by atoms with Gasteiger partial charge < -0.3 is 4.90 Å². The van der Waals surface area contributed by atoms with Crippen LogP contribution in [-0.4, -0.2) is 28.8 Å². The maximum absolute atomic E-state index is 11.0. The fraction of sp³-hybridized carbons (Fsp3) is 0.333. The number of hydrogen-bond acceptors (Lipinski definition) is 3. The number of sulfonamides is 1. The Bertz CT molecular complexity index is 413. The summed E-state index contributed by atoms with van der Waals surface area (Å²) in [4.78, 5) is 1.91. The van der Waals surface area contributed by atoms with Crippen LogP contribution in [0.2, 0.25) is 0 Å². The molecule has 0 fully saturated rings. The summed E-state index contributed by atoms with van der Waals surface area (Å²) in [5.74, 6) is 0. The van der Waals surface area contributed by atoms with Gasteiger partial charge in [0.1, 0.15) is 0 Å². The van der Waals surface area contributed by atoms with Crippen molar-refractivity contribution in [1.82, 2.24) is 0 Å². The van der Waals surface area contributed by atoms with E-state index >= 15 is 0 Å². The number of rotatable bonds is 3. The van der Waals surface area contributed by atoms with Crippen LogP contribution in [-0.2, 0) is 10.0 Å². The molecule has 0 atom stereocenters. The smallest absolute Gasteiger partial charge is 0.229 e. The third-order valence-electron chi connectivity index (χ3n) is 1.67. The van der Waals surface area contributed by atoms with Gasteiger partial charge in [0.05, 0.1) is 11.9 Å². The van der Waals surface area contributed by atoms with Gasteiger partial charge in [-0.15, -0.1) is 0 Å². The number of nitrogens with zero attached hydrogens (tertiary/aromatic N) is 1. The first-order chi connectivity index (χ1) is 6.38. The van der Waals surface area contributed by atoms with Gasteiger partial charge >= 0.3 is 0 Å². The molecule has 0 radical (unpaired) electrons. The fourth-order valence-electron chi connectivity index (χ4n) is 1.06. The molecule has 0 saturated carbocycles. The van der Waals surface area contributed by atoms with Crippen LogP contribution in [0.4, 0.5) is 11.4 Å². The van der Waals surface area contributed by atoms with E-state index in [0.29, 0.717) is 5.69 Å². The van der Waals surface area contributed by atoms with Gasteiger partial charge in [-0.05, 0) is 18.2 Å². The summed E-state index contributed by atoms with van der Waals surface area (Å²) in [7, 11) is 0.617. The molecule has 0 saturated heterocycles. The van der Waals surface area contributed by atoms with Crippen LogP contribution in [0.5, 0.6) is 0 Å². The zero-order chi connectivity index (χ0) is 10.8. The van der Waals surface area contributed by atoms with Crippen LogP contribution in [0.25, 0.3) is 0 Å². The third kappa shape index (κ3) is 3.26. The average molecular weight is 214 g/mol. The Hall–Kier alpha value is -1.23. The molecule has 0 aliphatic rings. The lowest BCUT2D eigenvalue weighted by Gasteiger charge is -2.13. The minimum atomic E-state index is -3.19. The molecule has 0 amide bonds. The van der Waals surface area contributed by atoms with Gasteiger partial charge in [0.15, 0.2) is 0 Å². The SMILES string of the molecule is CN(C)c1cccc(NS(C)(=O)=O)c1. The number of benzene rings is 1. The molecule has 78 valence electrons. The van der Waals surface area contributed by atoms with E-state index in [1.807, 2.05) is 31.1 Å². The lowest BCUT2D eigenvalue weighted by Crippen LogP contribution is -2.12. The first-order valence-electron chi connectivity index (χ1n) is 4.14. The van der Waals surface area contributed by atoms with Crippen molar-refractivity contribution in [2.24, 2.45) is 0 Å². The van der Waals surface area contributed by atoms with Crippen LogP contribution < -0.4 is 9.62 Å². The maximum Gasteiger partial charge on any atom is 0.229 e. The van der Waals surface area contributed by atoms with Crippen molar-refractivity contribution < 1.29 is 8.42 Å². The van der Waals surface area contributed by atoms with E-state index in [2.05, 4.69) is 4.72 Å². The standard InChI is InChI=1S/C9H14N2O2S/c1-11(2)9-6-4-5-8(7-9)10-14(3,12)13/h4-7,10H,1-3H3. The molecule has 1 aromatic carbocycles. The van der Waals surface area contributed by atoms with E-state index < -0.39 is 10.0 Å². The van der Waals surface area contributed by atoms with Gasteiger partial charge in [0.25, 0.3) is 0 Å². The van der Waals surface area contributed by atoms with Crippen molar-refractivity contribution in [2.45, 2.75) is 0 Å². The normalized spacial score (nSPS) is 11.1. The van der Waals surface area contributed by atoms with E-state index in [9.17, 15) is 8.42 Å². The van der Waals surface area contributed by atoms with Crippen LogP contribution in [0.1, 0.15) is 0 Å². The lowest BCUT2D eigenvalue weighted by molar-refractivity contribution is 0.607. The highest BCUT2D eigenvalue weighted by Gasteiger charge is 2.02. The third-order valence-corrected chi connectivity index (χ3v) is 2.27. The zero-order valence-electron chi connectivity index (χ0n) is 8.48. The largest absolute Gasteiger partial charge is 0.378 e. The molecule has 0 unspecified atom stereocenters. The fourth-order valence-corrected chi connectivity index (χ4v) is 1.62. The lowest BCUT2D eigenvalue weighted by atomic mass is 10.3. The van der Waals surface area contributed by atoms with Crippen LogP contribution in [0, 0.1) is 0 Å². The van der Waals surface area contributed by atoms with Gasteiger partial charge in [-0.2, -0.15) is 0 Å². The van der Waals surface area contributed by atoms with E-state index in [4.69, 9.17) is 0 Å². The Labute approximate surface area is 84.6 Å².